The minimum Gasteiger partial charge on any atom is -0.244 e. The highest BCUT2D eigenvalue weighted by molar-refractivity contribution is 5.69. The van der Waals surface area contributed by atoms with E-state index in [-0.39, 0.29) is 0 Å². The largest absolute Gasteiger partial charge is 0.244 e. The number of benzene rings is 1. The molecule has 0 aliphatic rings. The smallest absolute Gasteiger partial charge is 0.212 e. The van der Waals surface area contributed by atoms with Gasteiger partial charge in [0.2, 0.25) is 5.69 Å². The van der Waals surface area contributed by atoms with Gasteiger partial charge in [0.15, 0.2) is 6.20 Å². The molecule has 3 heteroatoms. The molecule has 0 aliphatic carbocycles. The van der Waals surface area contributed by atoms with Gasteiger partial charge >= 0.3 is 0 Å². The second-order valence-electron chi connectivity index (χ2n) is 4.85. The lowest BCUT2D eigenvalue weighted by Crippen LogP contribution is -2.30. The number of hydrogen-bond donors (Lipinski definition) is 0. The van der Waals surface area contributed by atoms with E-state index in [2.05, 4.69) is 65.0 Å². The molecule has 0 spiro atoms. The van der Waals surface area contributed by atoms with Crippen LogP contribution < -0.4 is 4.57 Å². The van der Waals surface area contributed by atoms with Gasteiger partial charge in [0.05, 0.1) is 0 Å². The van der Waals surface area contributed by atoms with Gasteiger partial charge in [-0.2, -0.15) is 0 Å². The fraction of sp³-hybridized carbons (Fsp3) is 0.118. The topological polar surface area (TPSA) is 29.7 Å². The first-order chi connectivity index (χ1) is 9.75. The van der Waals surface area contributed by atoms with Gasteiger partial charge in [-0.1, -0.05) is 12.1 Å². The van der Waals surface area contributed by atoms with Crippen LogP contribution in [0.5, 0.6) is 0 Å². The Morgan fingerprint density at radius 3 is 2.45 bits per heavy atom. The molecule has 3 rings (SSSR count). The van der Waals surface area contributed by atoms with Gasteiger partial charge in [-0.15, -0.1) is 0 Å². The molecule has 0 saturated carbocycles. The van der Waals surface area contributed by atoms with Gasteiger partial charge in [0.1, 0.15) is 13.4 Å². The molecule has 0 unspecified atom stereocenters. The van der Waals surface area contributed by atoms with Crippen LogP contribution in [0.2, 0.25) is 0 Å². The van der Waals surface area contributed by atoms with E-state index < -0.39 is 0 Å². The van der Waals surface area contributed by atoms with Crippen LogP contribution in [0.1, 0.15) is 5.56 Å². The number of aryl methyl sites for hydroxylation is 2. The standard InChI is InChI=1S/C17H16N3/c1-13-9-14(15-10-18-12-19-11-15)6-7-16(13)17-5-3-4-8-20(17)2/h3-12H,1-2H3/q+1. The van der Waals surface area contributed by atoms with Crippen molar-refractivity contribution in [2.24, 2.45) is 7.05 Å². The molecule has 3 nitrogen and oxygen atoms in total. The summed E-state index contributed by atoms with van der Waals surface area (Å²) in [6.45, 7) is 2.13. The van der Waals surface area contributed by atoms with Crippen LogP contribution in [0, 0.1) is 6.92 Å². The molecular formula is C17H16N3+. The van der Waals surface area contributed by atoms with Crippen LogP contribution in [0.25, 0.3) is 22.4 Å². The van der Waals surface area contributed by atoms with Crippen LogP contribution >= 0.6 is 0 Å². The summed E-state index contributed by atoms with van der Waals surface area (Å²) >= 11 is 0. The normalized spacial score (nSPS) is 10.5. The fourth-order valence-electron chi connectivity index (χ4n) is 2.38. The van der Waals surface area contributed by atoms with Gasteiger partial charge in [-0.25, -0.2) is 14.5 Å². The van der Waals surface area contributed by atoms with Gasteiger partial charge in [-0.05, 0) is 30.2 Å². The second-order valence-corrected chi connectivity index (χ2v) is 4.85. The molecular weight excluding hydrogens is 246 g/mol. The van der Waals surface area contributed by atoms with E-state index in [0.717, 1.165) is 11.1 Å². The predicted molar refractivity (Wildman–Crippen MR) is 78.8 cm³/mol. The molecule has 3 aromatic rings. The summed E-state index contributed by atoms with van der Waals surface area (Å²) in [5.74, 6) is 0. The molecule has 1 aromatic carbocycles. The summed E-state index contributed by atoms with van der Waals surface area (Å²) in [6.07, 6.45) is 7.29. The fourth-order valence-corrected chi connectivity index (χ4v) is 2.38. The maximum atomic E-state index is 4.07. The van der Waals surface area contributed by atoms with Crippen LogP contribution in [-0.4, -0.2) is 9.97 Å². The molecule has 0 radical (unpaired) electrons. The Labute approximate surface area is 118 Å². The molecule has 2 aromatic heterocycles. The lowest BCUT2D eigenvalue weighted by molar-refractivity contribution is -0.660. The molecule has 20 heavy (non-hydrogen) atoms. The highest BCUT2D eigenvalue weighted by atomic mass is 14.9. The van der Waals surface area contributed by atoms with Crippen LogP contribution in [0.15, 0.2) is 61.3 Å². The van der Waals surface area contributed by atoms with Crippen molar-refractivity contribution in [2.75, 3.05) is 0 Å². The van der Waals surface area contributed by atoms with E-state index in [4.69, 9.17) is 0 Å². The third-order valence-corrected chi connectivity index (χ3v) is 3.45. The summed E-state index contributed by atoms with van der Waals surface area (Å²) < 4.78 is 2.13. The third-order valence-electron chi connectivity index (χ3n) is 3.45. The molecule has 0 N–H and O–H groups in total. The van der Waals surface area contributed by atoms with Crippen molar-refractivity contribution in [1.82, 2.24) is 9.97 Å². The van der Waals surface area contributed by atoms with Crippen LogP contribution in [-0.2, 0) is 7.05 Å². The van der Waals surface area contributed by atoms with Crippen molar-refractivity contribution in [3.8, 4) is 22.4 Å². The van der Waals surface area contributed by atoms with E-state index in [1.54, 1.807) is 6.33 Å². The predicted octanol–water partition coefficient (Wildman–Crippen LogP) is 2.94. The zero-order valence-electron chi connectivity index (χ0n) is 11.6. The summed E-state index contributed by atoms with van der Waals surface area (Å²) in [6, 6.07) is 12.7. The highest BCUT2D eigenvalue weighted by Crippen LogP contribution is 2.25. The van der Waals surface area contributed by atoms with E-state index >= 15 is 0 Å². The van der Waals surface area contributed by atoms with E-state index in [1.807, 2.05) is 18.5 Å². The lowest BCUT2D eigenvalue weighted by atomic mass is 9.99. The van der Waals surface area contributed by atoms with Gasteiger partial charge in [-0.3, -0.25) is 0 Å². The Hall–Kier alpha value is -2.55. The average Bonchev–Trinajstić information content (AvgIpc) is 2.49. The number of pyridine rings is 1. The molecule has 0 amide bonds. The van der Waals surface area contributed by atoms with E-state index in [1.165, 1.54) is 16.8 Å². The van der Waals surface area contributed by atoms with Crippen molar-refractivity contribution in [1.29, 1.82) is 0 Å². The van der Waals surface area contributed by atoms with Crippen molar-refractivity contribution in [3.63, 3.8) is 0 Å². The second kappa shape index (κ2) is 5.21. The maximum absolute atomic E-state index is 4.07. The molecule has 0 fully saturated rings. The monoisotopic (exact) mass is 262 g/mol. The summed E-state index contributed by atoms with van der Waals surface area (Å²) in [5, 5.41) is 0. The third kappa shape index (κ3) is 2.30. The zero-order chi connectivity index (χ0) is 13.9. The average molecular weight is 262 g/mol. The van der Waals surface area contributed by atoms with Crippen LogP contribution in [0.4, 0.5) is 0 Å². The first-order valence-electron chi connectivity index (χ1n) is 6.57. The molecule has 98 valence electrons. The van der Waals surface area contributed by atoms with Crippen molar-refractivity contribution in [3.05, 3.63) is 66.9 Å². The molecule has 0 atom stereocenters. The zero-order valence-corrected chi connectivity index (χ0v) is 11.6. The molecule has 2 heterocycles. The molecule has 0 saturated heterocycles. The Morgan fingerprint density at radius 2 is 1.75 bits per heavy atom. The first-order valence-corrected chi connectivity index (χ1v) is 6.57. The Balaban J connectivity index is 2.07. The quantitative estimate of drug-likeness (QED) is 0.665. The van der Waals surface area contributed by atoms with E-state index in [0.29, 0.717) is 0 Å². The minimum absolute atomic E-state index is 1.04. The Kier molecular flexibility index (Phi) is 3.25. The van der Waals surface area contributed by atoms with Gasteiger partial charge in [0, 0.05) is 35.7 Å². The SMILES string of the molecule is Cc1cc(-c2cncnc2)ccc1-c1cccc[n+]1C. The number of hydrogen-bond acceptors (Lipinski definition) is 2. The lowest BCUT2D eigenvalue weighted by Gasteiger charge is -2.07. The first kappa shape index (κ1) is 12.5. The highest BCUT2D eigenvalue weighted by Gasteiger charge is 2.11. The van der Waals surface area contributed by atoms with E-state index in [9.17, 15) is 0 Å². The van der Waals surface area contributed by atoms with Gasteiger partial charge in [0.25, 0.3) is 0 Å². The molecule has 0 aliphatic heterocycles. The summed E-state index contributed by atoms with van der Waals surface area (Å²) in [4.78, 5) is 8.14. The maximum Gasteiger partial charge on any atom is 0.212 e. The number of nitrogens with zero attached hydrogens (tertiary/aromatic N) is 3. The number of aromatic nitrogens is 3. The summed E-state index contributed by atoms with van der Waals surface area (Å²) in [5.41, 5.74) is 5.88. The van der Waals surface area contributed by atoms with Crippen molar-refractivity contribution < 1.29 is 4.57 Å². The Morgan fingerprint density at radius 1 is 0.950 bits per heavy atom. The number of rotatable bonds is 2. The van der Waals surface area contributed by atoms with Gasteiger partial charge < -0.3 is 0 Å². The van der Waals surface area contributed by atoms with Crippen molar-refractivity contribution >= 4 is 0 Å². The molecule has 0 bridgehead atoms. The summed E-state index contributed by atoms with van der Waals surface area (Å²) in [7, 11) is 2.06. The van der Waals surface area contributed by atoms with Crippen LogP contribution in [0.3, 0.4) is 0 Å². The van der Waals surface area contributed by atoms with Crippen molar-refractivity contribution in [2.45, 2.75) is 6.92 Å². The Bertz CT molecular complexity index is 736. The minimum atomic E-state index is 1.04.